The summed E-state index contributed by atoms with van der Waals surface area (Å²) in [7, 11) is -4.21. The van der Waals surface area contributed by atoms with Gasteiger partial charge in [-0.15, -0.1) is 5.10 Å². The van der Waals surface area contributed by atoms with Crippen LogP contribution < -0.4 is 0 Å². The number of amides is 1. The van der Waals surface area contributed by atoms with Gasteiger partial charge in [0, 0.05) is 12.1 Å². The van der Waals surface area contributed by atoms with E-state index in [9.17, 15) is 18.0 Å². The zero-order valence-electron chi connectivity index (χ0n) is 17.9. The molecule has 0 saturated carbocycles. The molecule has 1 atom stereocenters. The number of sulfone groups is 1. The Morgan fingerprint density at radius 2 is 1.61 bits per heavy atom. The predicted octanol–water partition coefficient (Wildman–Crippen LogP) is 2.51. The van der Waals surface area contributed by atoms with Crippen LogP contribution in [-0.4, -0.2) is 63.5 Å². The van der Waals surface area contributed by atoms with Crippen molar-refractivity contribution >= 4 is 21.8 Å². The van der Waals surface area contributed by atoms with Crippen LogP contribution in [0.5, 0.6) is 0 Å². The van der Waals surface area contributed by atoms with Crippen LogP contribution in [0.2, 0.25) is 0 Å². The molecular weight excluding hydrogens is 384 g/mol. The molecule has 0 N–H and O–H groups in total. The van der Waals surface area contributed by atoms with E-state index in [0.717, 1.165) is 11.0 Å². The summed E-state index contributed by atoms with van der Waals surface area (Å²) >= 11 is 0. The number of ether oxygens (including phenoxy) is 1. The van der Waals surface area contributed by atoms with Crippen LogP contribution in [-0.2, 0) is 19.4 Å². The van der Waals surface area contributed by atoms with Gasteiger partial charge in [-0.2, -0.15) is 4.68 Å². The third-order valence-electron chi connectivity index (χ3n) is 3.93. The molecule has 28 heavy (non-hydrogen) atoms. The Bertz CT molecular complexity index is 776. The minimum Gasteiger partial charge on any atom is -0.462 e. The number of nitrogens with zero attached hydrogens (tertiary/aromatic N) is 4. The molecule has 9 nitrogen and oxygen atoms in total. The van der Waals surface area contributed by atoms with Gasteiger partial charge in [0.25, 0.3) is 5.16 Å². The van der Waals surface area contributed by atoms with Crippen molar-refractivity contribution in [3.05, 3.63) is 6.33 Å². The molecule has 10 heteroatoms. The standard InChI is InChI=1S/C18H32N4O5S/c1-11(2)9-15(16(23)27-14(7)8)28(25,26)17-19-10-21(20-17)18(24)22(12(3)4)13(5)6/h10-15H,9H2,1-8H3. The molecule has 0 aromatic carbocycles. The number of hydrogen-bond donors (Lipinski definition) is 0. The van der Waals surface area contributed by atoms with Crippen molar-refractivity contribution in [1.29, 1.82) is 0 Å². The summed E-state index contributed by atoms with van der Waals surface area (Å²) in [5.41, 5.74) is 0. The van der Waals surface area contributed by atoms with Crippen LogP contribution in [0.3, 0.4) is 0 Å². The maximum Gasteiger partial charge on any atom is 0.346 e. The minimum absolute atomic E-state index is 0.0689. The third-order valence-corrected chi connectivity index (χ3v) is 5.76. The predicted molar refractivity (Wildman–Crippen MR) is 105 cm³/mol. The second-order valence-electron chi connectivity index (χ2n) is 8.00. The fourth-order valence-corrected chi connectivity index (χ4v) is 4.44. The molecule has 1 amide bonds. The monoisotopic (exact) mass is 416 g/mol. The van der Waals surface area contributed by atoms with Gasteiger partial charge >= 0.3 is 12.0 Å². The Hall–Kier alpha value is -1.97. The Morgan fingerprint density at radius 1 is 1.07 bits per heavy atom. The van der Waals surface area contributed by atoms with Crippen LogP contribution in [0.4, 0.5) is 4.79 Å². The lowest BCUT2D eigenvalue weighted by atomic mass is 10.1. The lowest BCUT2D eigenvalue weighted by Crippen LogP contribution is -2.44. The summed E-state index contributed by atoms with van der Waals surface area (Å²) in [5.74, 6) is -0.905. The molecule has 1 heterocycles. The lowest BCUT2D eigenvalue weighted by molar-refractivity contribution is -0.147. The van der Waals surface area contributed by atoms with Gasteiger partial charge in [0.1, 0.15) is 6.33 Å². The van der Waals surface area contributed by atoms with Gasteiger partial charge in [0.05, 0.1) is 6.10 Å². The van der Waals surface area contributed by atoms with Gasteiger partial charge in [-0.3, -0.25) is 4.79 Å². The Labute approximate surface area is 167 Å². The van der Waals surface area contributed by atoms with E-state index in [2.05, 4.69) is 10.1 Å². The molecule has 0 fully saturated rings. The summed E-state index contributed by atoms with van der Waals surface area (Å²) in [5, 5.41) is 1.90. The number of rotatable bonds is 8. The van der Waals surface area contributed by atoms with Crippen molar-refractivity contribution < 1.29 is 22.7 Å². The van der Waals surface area contributed by atoms with Crippen molar-refractivity contribution in [2.45, 2.75) is 90.4 Å². The average Bonchev–Trinajstić information content (AvgIpc) is 3.01. The minimum atomic E-state index is -4.21. The third kappa shape index (κ3) is 5.76. The van der Waals surface area contributed by atoms with Crippen molar-refractivity contribution in [2.75, 3.05) is 0 Å². The molecule has 0 radical (unpaired) electrons. The molecule has 0 aliphatic rings. The molecule has 0 aliphatic heterocycles. The fraction of sp³-hybridized carbons (Fsp3) is 0.778. The van der Waals surface area contributed by atoms with Crippen molar-refractivity contribution in [2.24, 2.45) is 5.92 Å². The van der Waals surface area contributed by atoms with Gasteiger partial charge in [0.15, 0.2) is 5.25 Å². The van der Waals surface area contributed by atoms with Crippen molar-refractivity contribution in [3.63, 3.8) is 0 Å². The van der Waals surface area contributed by atoms with E-state index in [1.54, 1.807) is 18.7 Å². The SMILES string of the molecule is CC(C)CC(C(=O)OC(C)C)S(=O)(=O)c1ncn(C(=O)N(C(C)C)C(C)C)n1. The lowest BCUT2D eigenvalue weighted by Gasteiger charge is -2.29. The zero-order valence-corrected chi connectivity index (χ0v) is 18.7. The Balaban J connectivity index is 3.26. The first-order chi connectivity index (χ1) is 12.8. The summed E-state index contributed by atoms with van der Waals surface area (Å²) in [6.07, 6.45) is 0.684. The summed E-state index contributed by atoms with van der Waals surface area (Å²) in [6, 6.07) is -0.693. The first-order valence-electron chi connectivity index (χ1n) is 9.47. The number of carbonyl (C=O) groups is 2. The van der Waals surface area contributed by atoms with Crippen LogP contribution >= 0.6 is 0 Å². The number of aromatic nitrogens is 3. The summed E-state index contributed by atoms with van der Waals surface area (Å²) in [4.78, 5) is 30.5. The highest BCUT2D eigenvalue weighted by Crippen LogP contribution is 2.21. The summed E-state index contributed by atoms with van der Waals surface area (Å²) < 4.78 is 32.0. The average molecular weight is 417 g/mol. The molecule has 1 aromatic rings. The van der Waals surface area contributed by atoms with Gasteiger partial charge < -0.3 is 9.64 Å². The van der Waals surface area contributed by atoms with E-state index >= 15 is 0 Å². The Kier molecular flexibility index (Phi) is 8.16. The number of hydrogen-bond acceptors (Lipinski definition) is 7. The van der Waals surface area contributed by atoms with Crippen LogP contribution in [0.1, 0.15) is 61.8 Å². The molecule has 0 spiro atoms. The molecule has 1 rings (SSSR count). The van der Waals surface area contributed by atoms with Gasteiger partial charge in [-0.05, 0) is 53.9 Å². The second-order valence-corrected chi connectivity index (χ2v) is 10.0. The fourth-order valence-electron chi connectivity index (χ4n) is 2.84. The highest BCUT2D eigenvalue weighted by atomic mass is 32.2. The Morgan fingerprint density at radius 3 is 2.04 bits per heavy atom. The largest absolute Gasteiger partial charge is 0.462 e. The highest BCUT2D eigenvalue weighted by Gasteiger charge is 2.39. The number of esters is 1. The molecule has 160 valence electrons. The molecular formula is C18H32N4O5S. The normalized spacial score (nSPS) is 13.4. The second kappa shape index (κ2) is 9.49. The maximum atomic E-state index is 13.0. The zero-order chi connectivity index (χ0) is 21.8. The van der Waals surface area contributed by atoms with E-state index < -0.39 is 38.3 Å². The van der Waals surface area contributed by atoms with E-state index in [1.807, 2.05) is 41.5 Å². The first kappa shape index (κ1) is 24.1. The van der Waals surface area contributed by atoms with E-state index in [1.165, 1.54) is 0 Å². The van der Waals surface area contributed by atoms with Crippen LogP contribution in [0.25, 0.3) is 0 Å². The maximum absolute atomic E-state index is 13.0. The number of carbonyl (C=O) groups excluding carboxylic acids is 2. The molecule has 0 bridgehead atoms. The van der Waals surface area contributed by atoms with Gasteiger partial charge in [0.2, 0.25) is 9.84 Å². The topological polar surface area (TPSA) is 111 Å². The first-order valence-corrected chi connectivity index (χ1v) is 11.0. The van der Waals surface area contributed by atoms with Crippen molar-refractivity contribution in [1.82, 2.24) is 19.7 Å². The van der Waals surface area contributed by atoms with E-state index in [-0.39, 0.29) is 24.4 Å². The molecule has 1 unspecified atom stereocenters. The summed E-state index contributed by atoms with van der Waals surface area (Å²) in [6.45, 7) is 14.3. The highest BCUT2D eigenvalue weighted by molar-refractivity contribution is 7.92. The van der Waals surface area contributed by atoms with Crippen molar-refractivity contribution in [3.8, 4) is 0 Å². The quantitative estimate of drug-likeness (QED) is 0.599. The van der Waals surface area contributed by atoms with E-state index in [4.69, 9.17) is 4.74 Å². The molecule has 0 aliphatic carbocycles. The van der Waals surface area contributed by atoms with E-state index in [0.29, 0.717) is 0 Å². The van der Waals surface area contributed by atoms with Crippen LogP contribution in [0, 0.1) is 5.92 Å². The van der Waals surface area contributed by atoms with Gasteiger partial charge in [-0.25, -0.2) is 18.2 Å². The van der Waals surface area contributed by atoms with Gasteiger partial charge in [-0.1, -0.05) is 13.8 Å². The molecule has 1 aromatic heterocycles. The smallest absolute Gasteiger partial charge is 0.346 e. The van der Waals surface area contributed by atoms with Crippen LogP contribution in [0.15, 0.2) is 11.5 Å². The molecule has 0 saturated heterocycles.